The van der Waals surface area contributed by atoms with E-state index < -0.39 is 0 Å². The lowest BCUT2D eigenvalue weighted by Gasteiger charge is -2.27. The molecule has 0 amide bonds. The first-order valence-corrected chi connectivity index (χ1v) is 6.99. The third-order valence-corrected chi connectivity index (χ3v) is 4.20. The molecule has 0 bridgehead atoms. The van der Waals surface area contributed by atoms with Gasteiger partial charge in [0.25, 0.3) is 0 Å². The minimum absolute atomic E-state index is 0.0195. The van der Waals surface area contributed by atoms with Crippen molar-refractivity contribution >= 4 is 17.3 Å². The number of hydrogen-bond acceptors (Lipinski definition) is 4. The molecule has 19 heavy (non-hydrogen) atoms. The average molecular weight is 275 g/mol. The van der Waals surface area contributed by atoms with Crippen molar-refractivity contribution in [2.24, 2.45) is 10.7 Å². The summed E-state index contributed by atoms with van der Waals surface area (Å²) in [5, 5.41) is 5.24. The van der Waals surface area contributed by atoms with E-state index in [1.165, 1.54) is 17.0 Å². The van der Waals surface area contributed by atoms with Crippen LogP contribution in [0.4, 0.5) is 4.39 Å². The van der Waals surface area contributed by atoms with Crippen molar-refractivity contribution in [3.63, 3.8) is 0 Å². The highest BCUT2D eigenvalue weighted by atomic mass is 32.1. The summed E-state index contributed by atoms with van der Waals surface area (Å²) in [6.07, 6.45) is 0.826. The van der Waals surface area contributed by atoms with E-state index in [9.17, 15) is 4.39 Å². The molecular formula is C14H14FN3S. The van der Waals surface area contributed by atoms with Crippen LogP contribution < -0.4 is 11.1 Å². The molecule has 98 valence electrons. The Hall–Kier alpha value is -1.88. The molecule has 5 heteroatoms. The van der Waals surface area contributed by atoms with Gasteiger partial charge in [-0.05, 0) is 35.6 Å². The molecule has 0 aliphatic carbocycles. The molecule has 1 aliphatic rings. The van der Waals surface area contributed by atoms with E-state index >= 15 is 0 Å². The smallest absolute Gasteiger partial charge is 0.189 e. The number of thiophene rings is 1. The standard InChI is InChI=1S/C14H14FN3S/c15-10-5-3-9(4-6-10)11-8-12(18-14(16)17-11)13-2-1-7-19-13/h1-7,11-12H,8H2,(H3,16,17,18). The Morgan fingerprint density at radius 2 is 2.05 bits per heavy atom. The van der Waals surface area contributed by atoms with E-state index in [0.29, 0.717) is 5.96 Å². The van der Waals surface area contributed by atoms with Gasteiger partial charge in [-0.3, -0.25) is 0 Å². The maximum absolute atomic E-state index is 13.0. The lowest BCUT2D eigenvalue weighted by molar-refractivity contribution is 0.492. The van der Waals surface area contributed by atoms with Crippen molar-refractivity contribution in [1.82, 2.24) is 5.32 Å². The van der Waals surface area contributed by atoms with Crippen LogP contribution in [0.2, 0.25) is 0 Å². The Kier molecular flexibility index (Phi) is 3.21. The molecule has 0 spiro atoms. The Labute approximate surface area is 115 Å². The summed E-state index contributed by atoms with van der Waals surface area (Å²) in [6, 6.07) is 10.7. The first-order valence-electron chi connectivity index (χ1n) is 6.11. The van der Waals surface area contributed by atoms with E-state index in [4.69, 9.17) is 5.73 Å². The molecule has 1 aromatic carbocycles. The second-order valence-corrected chi connectivity index (χ2v) is 5.51. The molecule has 1 aliphatic heterocycles. The lowest BCUT2D eigenvalue weighted by atomic mass is 9.97. The number of rotatable bonds is 2. The Morgan fingerprint density at radius 3 is 2.74 bits per heavy atom. The summed E-state index contributed by atoms with van der Waals surface area (Å²) in [5.74, 6) is 0.211. The van der Waals surface area contributed by atoms with E-state index in [0.717, 1.165) is 12.0 Å². The predicted octanol–water partition coefficient (Wildman–Crippen LogP) is 2.98. The maximum atomic E-state index is 13.0. The van der Waals surface area contributed by atoms with Crippen molar-refractivity contribution < 1.29 is 4.39 Å². The normalized spacial score (nSPS) is 22.7. The molecule has 2 unspecified atom stereocenters. The van der Waals surface area contributed by atoms with Gasteiger partial charge in [0.1, 0.15) is 5.82 Å². The fourth-order valence-corrected chi connectivity index (χ4v) is 3.08. The van der Waals surface area contributed by atoms with E-state index in [1.54, 1.807) is 23.5 Å². The quantitative estimate of drug-likeness (QED) is 0.885. The summed E-state index contributed by atoms with van der Waals surface area (Å²) in [5.41, 5.74) is 6.85. The fraction of sp³-hybridized carbons (Fsp3) is 0.214. The Morgan fingerprint density at radius 1 is 1.26 bits per heavy atom. The number of halogens is 1. The van der Waals surface area contributed by atoms with Crippen LogP contribution in [-0.2, 0) is 0 Å². The number of hydrogen-bond donors (Lipinski definition) is 2. The van der Waals surface area contributed by atoms with Gasteiger partial charge in [0.15, 0.2) is 5.96 Å². The van der Waals surface area contributed by atoms with E-state index in [1.807, 2.05) is 11.4 Å². The fourth-order valence-electron chi connectivity index (χ4n) is 2.29. The van der Waals surface area contributed by atoms with Crippen molar-refractivity contribution in [3.05, 3.63) is 58.0 Å². The van der Waals surface area contributed by atoms with Gasteiger partial charge in [0, 0.05) is 4.88 Å². The average Bonchev–Trinajstić information content (AvgIpc) is 2.93. The highest BCUT2D eigenvalue weighted by molar-refractivity contribution is 7.10. The van der Waals surface area contributed by atoms with Crippen molar-refractivity contribution in [1.29, 1.82) is 0 Å². The van der Waals surface area contributed by atoms with Crippen LogP contribution >= 0.6 is 11.3 Å². The van der Waals surface area contributed by atoms with Crippen molar-refractivity contribution in [2.45, 2.75) is 18.5 Å². The Bertz CT molecular complexity index is 577. The van der Waals surface area contributed by atoms with Crippen LogP contribution in [0.1, 0.15) is 28.9 Å². The van der Waals surface area contributed by atoms with Crippen LogP contribution in [0.25, 0.3) is 0 Å². The van der Waals surface area contributed by atoms with Gasteiger partial charge < -0.3 is 11.1 Å². The SMILES string of the molecule is NC1=NC(c2ccc(F)cc2)CC(c2cccs2)N1. The van der Waals surface area contributed by atoms with Crippen LogP contribution in [0.15, 0.2) is 46.8 Å². The molecule has 2 heterocycles. The zero-order chi connectivity index (χ0) is 13.2. The van der Waals surface area contributed by atoms with Crippen LogP contribution in [0, 0.1) is 5.82 Å². The van der Waals surface area contributed by atoms with Gasteiger partial charge in [-0.25, -0.2) is 9.38 Å². The first kappa shape index (κ1) is 12.2. The molecule has 3 rings (SSSR count). The van der Waals surface area contributed by atoms with Gasteiger partial charge in [0.2, 0.25) is 0 Å². The minimum Gasteiger partial charge on any atom is -0.370 e. The molecule has 0 saturated heterocycles. The summed E-state index contributed by atoms with van der Waals surface area (Å²) in [6.45, 7) is 0. The molecule has 0 fully saturated rings. The number of nitrogens with one attached hydrogen (secondary N) is 1. The number of aliphatic imine (C=N–C) groups is 1. The van der Waals surface area contributed by atoms with Gasteiger partial charge in [-0.2, -0.15) is 0 Å². The zero-order valence-electron chi connectivity index (χ0n) is 10.2. The molecule has 2 atom stereocenters. The minimum atomic E-state index is -0.232. The van der Waals surface area contributed by atoms with Gasteiger partial charge in [0.05, 0.1) is 12.1 Å². The number of nitrogens with two attached hydrogens (primary N) is 1. The topological polar surface area (TPSA) is 50.4 Å². The van der Waals surface area contributed by atoms with Gasteiger partial charge in [-0.15, -0.1) is 11.3 Å². The molecular weight excluding hydrogens is 261 g/mol. The third kappa shape index (κ3) is 2.61. The van der Waals surface area contributed by atoms with Crippen molar-refractivity contribution in [3.8, 4) is 0 Å². The van der Waals surface area contributed by atoms with E-state index in [2.05, 4.69) is 16.4 Å². The second kappa shape index (κ2) is 5.01. The molecule has 3 nitrogen and oxygen atoms in total. The van der Waals surface area contributed by atoms with E-state index in [-0.39, 0.29) is 17.9 Å². The first-order chi connectivity index (χ1) is 9.22. The van der Waals surface area contributed by atoms with Gasteiger partial charge in [-0.1, -0.05) is 18.2 Å². The van der Waals surface area contributed by atoms with Crippen LogP contribution in [0.5, 0.6) is 0 Å². The zero-order valence-corrected chi connectivity index (χ0v) is 11.0. The predicted molar refractivity (Wildman–Crippen MR) is 75.6 cm³/mol. The molecule has 1 aromatic heterocycles. The van der Waals surface area contributed by atoms with Crippen LogP contribution in [0.3, 0.4) is 0 Å². The van der Waals surface area contributed by atoms with Gasteiger partial charge >= 0.3 is 0 Å². The summed E-state index contributed by atoms with van der Waals surface area (Å²) in [7, 11) is 0. The second-order valence-electron chi connectivity index (χ2n) is 4.53. The molecule has 3 N–H and O–H groups in total. The molecule has 2 aromatic rings. The van der Waals surface area contributed by atoms with Crippen LogP contribution in [-0.4, -0.2) is 5.96 Å². The van der Waals surface area contributed by atoms with Crippen molar-refractivity contribution in [2.75, 3.05) is 0 Å². The third-order valence-electron chi connectivity index (χ3n) is 3.22. The maximum Gasteiger partial charge on any atom is 0.189 e. The number of guanidine groups is 1. The summed E-state index contributed by atoms with van der Waals surface area (Å²) < 4.78 is 13.0. The number of benzene rings is 1. The lowest BCUT2D eigenvalue weighted by Crippen LogP contribution is -2.39. The summed E-state index contributed by atoms with van der Waals surface area (Å²) >= 11 is 1.70. The highest BCUT2D eigenvalue weighted by Gasteiger charge is 2.24. The molecule has 0 saturated carbocycles. The molecule has 0 radical (unpaired) electrons. The number of nitrogens with zero attached hydrogens (tertiary/aromatic N) is 1. The monoisotopic (exact) mass is 275 g/mol. The summed E-state index contributed by atoms with van der Waals surface area (Å²) in [4.78, 5) is 5.65. The highest BCUT2D eigenvalue weighted by Crippen LogP contribution is 2.33. The largest absolute Gasteiger partial charge is 0.370 e. The Balaban J connectivity index is 1.86.